The maximum Gasteiger partial charge on any atom is 0.328 e. The van der Waals surface area contributed by atoms with E-state index in [1.165, 1.54) is 56.0 Å². The molecule has 3 rings (SSSR count). The summed E-state index contributed by atoms with van der Waals surface area (Å²) in [6, 6.07) is 8.84. The fourth-order valence-electron chi connectivity index (χ4n) is 2.78. The summed E-state index contributed by atoms with van der Waals surface area (Å²) in [5.41, 5.74) is 1.06. The predicted molar refractivity (Wildman–Crippen MR) is 120 cm³/mol. The number of aromatic nitrogens is 2. The van der Waals surface area contributed by atoms with Crippen LogP contribution in [0.5, 0.6) is 5.75 Å². The fraction of sp³-hybridized carbons (Fsp3) is 0.136. The van der Waals surface area contributed by atoms with Gasteiger partial charge in [-0.2, -0.15) is 0 Å². The number of methoxy groups -OCH3 is 1. The lowest BCUT2D eigenvalue weighted by Crippen LogP contribution is -2.14. The van der Waals surface area contributed by atoms with Crippen LogP contribution in [-0.2, 0) is 26.2 Å². The van der Waals surface area contributed by atoms with E-state index in [9.17, 15) is 22.4 Å². The van der Waals surface area contributed by atoms with Crippen LogP contribution >= 0.6 is 0 Å². The molecule has 0 saturated carbocycles. The van der Waals surface area contributed by atoms with E-state index in [2.05, 4.69) is 10.3 Å². The average Bonchev–Trinajstić information content (AvgIpc) is 3.24. The van der Waals surface area contributed by atoms with Gasteiger partial charge in [0.25, 0.3) is 10.0 Å². The van der Waals surface area contributed by atoms with Gasteiger partial charge in [-0.15, -0.1) is 0 Å². The van der Waals surface area contributed by atoms with Gasteiger partial charge in [-0.3, -0.25) is 4.98 Å². The van der Waals surface area contributed by atoms with Crippen LogP contribution in [0.4, 0.5) is 4.39 Å². The minimum Gasteiger partial charge on any atom is -0.497 e. The molecular formula is C22H22FN3O7S. The van der Waals surface area contributed by atoms with Crippen molar-refractivity contribution in [2.75, 3.05) is 14.2 Å². The Morgan fingerprint density at radius 3 is 2.38 bits per heavy atom. The number of nitrogens with one attached hydrogen (secondary N) is 1. The molecule has 0 spiro atoms. The third-order valence-electron chi connectivity index (χ3n) is 4.23. The molecular weight excluding hydrogens is 469 g/mol. The SMILES string of the molecule is CNCc1cc(-c2cc(OC)ccc2F)n(S(=O)(=O)c2cccnc2)c1.O=C(O)/C=C/C(=O)O. The lowest BCUT2D eigenvalue weighted by atomic mass is 10.1. The van der Waals surface area contributed by atoms with Crippen molar-refractivity contribution in [3.05, 3.63) is 78.5 Å². The van der Waals surface area contributed by atoms with Crippen LogP contribution < -0.4 is 10.1 Å². The second kappa shape index (κ2) is 11.7. The molecule has 1 aromatic carbocycles. The zero-order chi connectivity index (χ0) is 25.3. The minimum atomic E-state index is -3.93. The molecule has 0 aliphatic heterocycles. The molecule has 3 aromatic rings. The molecule has 0 atom stereocenters. The van der Waals surface area contributed by atoms with E-state index >= 15 is 0 Å². The van der Waals surface area contributed by atoms with Gasteiger partial charge >= 0.3 is 11.9 Å². The highest BCUT2D eigenvalue weighted by Gasteiger charge is 2.23. The van der Waals surface area contributed by atoms with E-state index in [4.69, 9.17) is 14.9 Å². The summed E-state index contributed by atoms with van der Waals surface area (Å²) in [4.78, 5) is 23.0. The zero-order valence-corrected chi connectivity index (χ0v) is 19.0. The second-order valence-corrected chi connectivity index (χ2v) is 8.42. The van der Waals surface area contributed by atoms with Gasteiger partial charge in [0.05, 0.1) is 12.8 Å². The summed E-state index contributed by atoms with van der Waals surface area (Å²) >= 11 is 0. The number of hydrogen-bond donors (Lipinski definition) is 3. The number of benzene rings is 1. The predicted octanol–water partition coefficient (Wildman–Crippen LogP) is 2.37. The average molecular weight is 491 g/mol. The Kier molecular flexibility index (Phi) is 9.04. The summed E-state index contributed by atoms with van der Waals surface area (Å²) in [7, 11) is -0.717. The van der Waals surface area contributed by atoms with Gasteiger partial charge in [-0.1, -0.05) is 0 Å². The molecule has 10 nitrogen and oxygen atoms in total. The van der Waals surface area contributed by atoms with Crippen LogP contribution in [0.25, 0.3) is 11.3 Å². The van der Waals surface area contributed by atoms with Crippen molar-refractivity contribution < 1.29 is 37.3 Å². The molecule has 0 unspecified atom stereocenters. The topological polar surface area (TPSA) is 148 Å². The summed E-state index contributed by atoms with van der Waals surface area (Å²) in [6.07, 6.45) is 5.35. The van der Waals surface area contributed by atoms with E-state index in [1.807, 2.05) is 0 Å². The van der Waals surface area contributed by atoms with Gasteiger partial charge in [0, 0.05) is 42.9 Å². The molecule has 0 aliphatic carbocycles. The monoisotopic (exact) mass is 491 g/mol. The highest BCUT2D eigenvalue weighted by Crippen LogP contribution is 2.31. The largest absolute Gasteiger partial charge is 0.497 e. The van der Waals surface area contributed by atoms with Crippen molar-refractivity contribution in [1.29, 1.82) is 0 Å². The summed E-state index contributed by atoms with van der Waals surface area (Å²) in [5.74, 6) is -2.62. The Labute approximate surface area is 195 Å². The number of carbonyl (C=O) groups is 2. The molecule has 2 heterocycles. The highest BCUT2D eigenvalue weighted by molar-refractivity contribution is 7.90. The number of halogens is 1. The van der Waals surface area contributed by atoms with Crippen molar-refractivity contribution in [1.82, 2.24) is 14.3 Å². The van der Waals surface area contributed by atoms with Crippen LogP contribution in [-0.4, -0.2) is 53.7 Å². The first-order valence-corrected chi connectivity index (χ1v) is 11.0. The molecule has 0 aliphatic rings. The van der Waals surface area contributed by atoms with Gasteiger partial charge in [0.15, 0.2) is 0 Å². The van der Waals surface area contributed by atoms with Crippen molar-refractivity contribution in [2.24, 2.45) is 0 Å². The maximum atomic E-state index is 14.5. The summed E-state index contributed by atoms with van der Waals surface area (Å²) in [6.45, 7) is 0.439. The lowest BCUT2D eigenvalue weighted by Gasteiger charge is -2.12. The van der Waals surface area contributed by atoms with Crippen LogP contribution in [0.1, 0.15) is 5.56 Å². The van der Waals surface area contributed by atoms with Crippen LogP contribution in [0.3, 0.4) is 0 Å². The van der Waals surface area contributed by atoms with Crippen molar-refractivity contribution >= 4 is 22.0 Å². The number of carboxylic acids is 2. The van der Waals surface area contributed by atoms with Gasteiger partial charge in [-0.25, -0.2) is 26.4 Å². The lowest BCUT2D eigenvalue weighted by molar-refractivity contribution is -0.134. The zero-order valence-electron chi connectivity index (χ0n) is 18.2. The Bertz CT molecular complexity index is 1270. The first kappa shape index (κ1) is 26.2. The van der Waals surface area contributed by atoms with Crippen molar-refractivity contribution in [3.63, 3.8) is 0 Å². The number of hydrogen-bond acceptors (Lipinski definition) is 7. The molecule has 3 N–H and O–H groups in total. The first-order chi connectivity index (χ1) is 16.1. The Morgan fingerprint density at radius 1 is 1.18 bits per heavy atom. The first-order valence-electron chi connectivity index (χ1n) is 9.59. The third-order valence-corrected chi connectivity index (χ3v) is 5.89. The normalized spacial score (nSPS) is 11.0. The van der Waals surface area contributed by atoms with Gasteiger partial charge < -0.3 is 20.3 Å². The smallest absolute Gasteiger partial charge is 0.328 e. The van der Waals surface area contributed by atoms with Crippen LogP contribution in [0, 0.1) is 5.82 Å². The van der Waals surface area contributed by atoms with Crippen molar-refractivity contribution in [2.45, 2.75) is 11.4 Å². The van der Waals surface area contributed by atoms with E-state index < -0.39 is 27.8 Å². The van der Waals surface area contributed by atoms with E-state index in [1.54, 1.807) is 13.1 Å². The Balaban J connectivity index is 0.000000440. The molecule has 0 radical (unpaired) electrons. The Hall–Kier alpha value is -4.03. The van der Waals surface area contributed by atoms with Gasteiger partial charge in [0.1, 0.15) is 16.5 Å². The molecule has 0 amide bonds. The molecule has 0 bridgehead atoms. The number of aliphatic carboxylic acids is 2. The van der Waals surface area contributed by atoms with Gasteiger partial charge in [-0.05, 0) is 49.0 Å². The third kappa shape index (κ3) is 6.73. The standard InChI is InChI=1S/C18H18FN3O3S.C4H4O4/c1-20-10-13-8-18(16-9-14(25-2)5-6-17(16)19)22(12-13)26(23,24)15-4-3-7-21-11-15;5-3(6)1-2-4(7)8/h3-9,11-12,20H,10H2,1-2H3;1-2H,(H,5,6)(H,7,8)/b;2-1+. The number of ether oxygens (including phenoxy) is 1. The fourth-order valence-corrected chi connectivity index (χ4v) is 4.13. The molecule has 0 saturated heterocycles. The van der Waals surface area contributed by atoms with Gasteiger partial charge in [0.2, 0.25) is 0 Å². The molecule has 34 heavy (non-hydrogen) atoms. The van der Waals surface area contributed by atoms with E-state index in [0.29, 0.717) is 30.0 Å². The molecule has 12 heteroatoms. The number of nitrogens with zero attached hydrogens (tertiary/aromatic N) is 2. The van der Waals surface area contributed by atoms with Crippen molar-refractivity contribution in [3.8, 4) is 17.0 Å². The van der Waals surface area contributed by atoms with Crippen LogP contribution in [0.15, 0.2) is 72.0 Å². The second-order valence-electron chi connectivity index (χ2n) is 6.61. The van der Waals surface area contributed by atoms with Crippen LogP contribution in [0.2, 0.25) is 0 Å². The number of carboxylic acid groups (broad SMARTS) is 2. The molecule has 180 valence electrons. The Morgan fingerprint density at radius 2 is 1.85 bits per heavy atom. The minimum absolute atomic E-state index is 0.0242. The summed E-state index contributed by atoms with van der Waals surface area (Å²) < 4.78 is 46.8. The summed E-state index contributed by atoms with van der Waals surface area (Å²) in [5, 5.41) is 18.6. The highest BCUT2D eigenvalue weighted by atomic mass is 32.2. The molecule has 2 aromatic heterocycles. The van der Waals surface area contributed by atoms with E-state index in [-0.39, 0.29) is 16.2 Å². The number of rotatable bonds is 8. The molecule has 0 fully saturated rings. The maximum absolute atomic E-state index is 14.5. The quantitative estimate of drug-likeness (QED) is 0.404. The number of pyridine rings is 1. The van der Waals surface area contributed by atoms with E-state index in [0.717, 1.165) is 3.97 Å².